The van der Waals surface area contributed by atoms with Gasteiger partial charge in [-0.25, -0.2) is 13.4 Å². The number of ether oxygens (including phenoxy) is 1. The van der Waals surface area contributed by atoms with E-state index in [0.717, 1.165) is 61.5 Å². The molecule has 1 saturated heterocycles. The summed E-state index contributed by atoms with van der Waals surface area (Å²) < 4.78 is 32.1. The summed E-state index contributed by atoms with van der Waals surface area (Å²) in [6.07, 6.45) is 1.64. The zero-order valence-electron chi connectivity index (χ0n) is 20.4. The molecule has 35 heavy (non-hydrogen) atoms. The second-order valence-corrected chi connectivity index (χ2v) is 12.0. The first-order valence-electron chi connectivity index (χ1n) is 12.1. The van der Waals surface area contributed by atoms with Gasteiger partial charge < -0.3 is 4.74 Å². The fourth-order valence-electron chi connectivity index (χ4n) is 4.12. The molecule has 1 amide bonds. The van der Waals surface area contributed by atoms with E-state index in [0.29, 0.717) is 11.7 Å². The van der Waals surface area contributed by atoms with Crippen molar-refractivity contribution in [2.45, 2.75) is 38.0 Å². The maximum atomic E-state index is 13.4. The molecule has 9 heteroatoms. The smallest absolute Gasteiger partial charge is 0.229 e. The standard InChI is InChI=1S/C26H33N3O4S2/c1-3-21-7-10-23-24(19-21)34-26(27-23)29(13-4-12-28-14-16-33-17-15-28)25(30)11-18-35(31,32)22-8-5-20(2)6-9-22/h5-10,19H,3-4,11-18H2,1-2H3. The summed E-state index contributed by atoms with van der Waals surface area (Å²) in [5, 5.41) is 0.632. The van der Waals surface area contributed by atoms with E-state index in [-0.39, 0.29) is 23.0 Å². The highest BCUT2D eigenvalue weighted by Gasteiger charge is 2.23. The molecule has 7 nitrogen and oxygen atoms in total. The number of thiazole rings is 1. The first kappa shape index (κ1) is 25.8. The predicted molar refractivity (Wildman–Crippen MR) is 141 cm³/mol. The van der Waals surface area contributed by atoms with Crippen LogP contribution in [0.25, 0.3) is 10.2 Å². The minimum absolute atomic E-state index is 0.0795. The average Bonchev–Trinajstić information content (AvgIpc) is 3.29. The third kappa shape index (κ3) is 6.67. The normalized spacial score (nSPS) is 14.9. The number of rotatable bonds is 10. The first-order valence-corrected chi connectivity index (χ1v) is 14.6. The molecule has 0 spiro atoms. The van der Waals surface area contributed by atoms with Crippen LogP contribution >= 0.6 is 11.3 Å². The minimum Gasteiger partial charge on any atom is -0.379 e. The summed E-state index contributed by atoms with van der Waals surface area (Å²) in [7, 11) is -3.55. The molecule has 1 fully saturated rings. The number of aryl methyl sites for hydroxylation is 2. The lowest BCUT2D eigenvalue weighted by Gasteiger charge is -2.27. The molecule has 2 aromatic carbocycles. The van der Waals surface area contributed by atoms with Gasteiger partial charge in [-0.1, -0.05) is 42.0 Å². The topological polar surface area (TPSA) is 79.8 Å². The van der Waals surface area contributed by atoms with Crippen LogP contribution in [0.5, 0.6) is 0 Å². The summed E-state index contributed by atoms with van der Waals surface area (Å²) in [4.78, 5) is 22.3. The summed E-state index contributed by atoms with van der Waals surface area (Å²) in [6.45, 7) is 8.64. The van der Waals surface area contributed by atoms with Crippen LogP contribution in [0, 0.1) is 6.92 Å². The SMILES string of the molecule is CCc1ccc2nc(N(CCCN3CCOCC3)C(=O)CCS(=O)(=O)c3ccc(C)cc3)sc2c1. The number of benzene rings is 2. The molecule has 0 bridgehead atoms. The maximum Gasteiger partial charge on any atom is 0.229 e. The van der Waals surface area contributed by atoms with Crippen molar-refractivity contribution >= 4 is 42.4 Å². The maximum absolute atomic E-state index is 13.4. The van der Waals surface area contributed by atoms with Gasteiger partial charge in [-0.15, -0.1) is 0 Å². The Hall–Kier alpha value is -2.33. The van der Waals surface area contributed by atoms with Crippen LogP contribution in [0.15, 0.2) is 47.4 Å². The van der Waals surface area contributed by atoms with Gasteiger partial charge in [-0.05, 0) is 49.6 Å². The zero-order chi connectivity index (χ0) is 24.8. The zero-order valence-corrected chi connectivity index (χ0v) is 22.0. The molecule has 4 rings (SSSR count). The van der Waals surface area contributed by atoms with Crippen molar-refractivity contribution in [2.24, 2.45) is 0 Å². The second kappa shape index (κ2) is 11.6. The molecule has 0 aliphatic carbocycles. The highest BCUT2D eigenvalue weighted by atomic mass is 32.2. The van der Waals surface area contributed by atoms with Crippen molar-refractivity contribution in [1.82, 2.24) is 9.88 Å². The van der Waals surface area contributed by atoms with Crippen molar-refractivity contribution < 1.29 is 17.9 Å². The van der Waals surface area contributed by atoms with E-state index >= 15 is 0 Å². The molecular weight excluding hydrogens is 482 g/mol. The molecular formula is C26H33N3O4S2. The first-order chi connectivity index (χ1) is 16.9. The number of fused-ring (bicyclic) bond motifs is 1. The van der Waals surface area contributed by atoms with E-state index in [1.54, 1.807) is 29.2 Å². The Kier molecular flexibility index (Phi) is 8.54. The molecule has 1 aliphatic heterocycles. The number of sulfone groups is 1. The number of hydrogen-bond donors (Lipinski definition) is 0. The molecule has 0 atom stereocenters. The fraction of sp³-hybridized carbons (Fsp3) is 0.462. The minimum atomic E-state index is -3.55. The molecule has 0 N–H and O–H groups in total. The third-order valence-electron chi connectivity index (χ3n) is 6.31. The number of carbonyl (C=O) groups is 1. The molecule has 0 saturated carbocycles. The van der Waals surface area contributed by atoms with Crippen LogP contribution in [0.2, 0.25) is 0 Å². The average molecular weight is 516 g/mol. The van der Waals surface area contributed by atoms with Gasteiger partial charge in [0.15, 0.2) is 15.0 Å². The summed E-state index contributed by atoms with van der Waals surface area (Å²) >= 11 is 1.49. The van der Waals surface area contributed by atoms with E-state index in [1.165, 1.54) is 16.9 Å². The van der Waals surface area contributed by atoms with Gasteiger partial charge in [-0.2, -0.15) is 0 Å². The lowest BCUT2D eigenvalue weighted by Crippen LogP contribution is -2.39. The summed E-state index contributed by atoms with van der Waals surface area (Å²) in [6, 6.07) is 12.9. The van der Waals surface area contributed by atoms with Gasteiger partial charge in [0, 0.05) is 32.6 Å². The van der Waals surface area contributed by atoms with Crippen LogP contribution in [0.3, 0.4) is 0 Å². The Morgan fingerprint density at radius 3 is 2.60 bits per heavy atom. The summed E-state index contributed by atoms with van der Waals surface area (Å²) in [5.74, 6) is -0.433. The Morgan fingerprint density at radius 2 is 1.89 bits per heavy atom. The van der Waals surface area contributed by atoms with Gasteiger partial charge in [0.2, 0.25) is 5.91 Å². The lowest BCUT2D eigenvalue weighted by atomic mass is 10.2. The molecule has 0 unspecified atom stereocenters. The van der Waals surface area contributed by atoms with Crippen LogP contribution < -0.4 is 4.90 Å². The Morgan fingerprint density at radius 1 is 1.14 bits per heavy atom. The predicted octanol–water partition coefficient (Wildman–Crippen LogP) is 4.09. The Bertz CT molecular complexity index is 1250. The van der Waals surface area contributed by atoms with E-state index in [9.17, 15) is 13.2 Å². The molecule has 3 aromatic rings. The Balaban J connectivity index is 1.49. The number of morpholine rings is 1. The lowest BCUT2D eigenvalue weighted by molar-refractivity contribution is -0.118. The highest BCUT2D eigenvalue weighted by molar-refractivity contribution is 7.91. The van der Waals surface area contributed by atoms with Gasteiger partial charge in [0.25, 0.3) is 0 Å². The molecule has 1 aliphatic rings. The summed E-state index contributed by atoms with van der Waals surface area (Å²) in [5.41, 5.74) is 3.08. The number of carbonyl (C=O) groups excluding carboxylic acids is 1. The van der Waals surface area contributed by atoms with Gasteiger partial charge >= 0.3 is 0 Å². The van der Waals surface area contributed by atoms with Crippen molar-refractivity contribution in [1.29, 1.82) is 0 Å². The largest absolute Gasteiger partial charge is 0.379 e. The van der Waals surface area contributed by atoms with E-state index in [4.69, 9.17) is 9.72 Å². The monoisotopic (exact) mass is 515 g/mol. The van der Waals surface area contributed by atoms with Crippen LogP contribution in [0.1, 0.15) is 30.9 Å². The van der Waals surface area contributed by atoms with Crippen LogP contribution in [-0.4, -0.2) is 69.4 Å². The third-order valence-corrected chi connectivity index (χ3v) is 9.08. The van der Waals surface area contributed by atoms with Crippen molar-refractivity contribution in [3.8, 4) is 0 Å². The number of hydrogen-bond acceptors (Lipinski definition) is 7. The van der Waals surface area contributed by atoms with Crippen molar-refractivity contribution in [3.05, 3.63) is 53.6 Å². The molecule has 0 radical (unpaired) electrons. The number of anilines is 1. The van der Waals surface area contributed by atoms with E-state index in [1.807, 2.05) is 13.0 Å². The number of amides is 1. The Labute approximate surface area is 211 Å². The van der Waals surface area contributed by atoms with Crippen molar-refractivity contribution in [2.75, 3.05) is 50.0 Å². The molecule has 188 valence electrons. The van der Waals surface area contributed by atoms with Gasteiger partial charge in [0.1, 0.15) is 0 Å². The van der Waals surface area contributed by atoms with Gasteiger partial charge in [0.05, 0.1) is 34.1 Å². The van der Waals surface area contributed by atoms with Crippen molar-refractivity contribution in [3.63, 3.8) is 0 Å². The fourth-order valence-corrected chi connectivity index (χ4v) is 6.42. The molecule has 2 heterocycles. The quantitative estimate of drug-likeness (QED) is 0.405. The van der Waals surface area contributed by atoms with Crippen LogP contribution in [0.4, 0.5) is 5.13 Å². The van der Waals surface area contributed by atoms with E-state index in [2.05, 4.69) is 24.0 Å². The number of aromatic nitrogens is 1. The van der Waals surface area contributed by atoms with E-state index < -0.39 is 9.84 Å². The number of nitrogens with zero attached hydrogens (tertiary/aromatic N) is 3. The van der Waals surface area contributed by atoms with Gasteiger partial charge in [-0.3, -0.25) is 14.6 Å². The molecule has 1 aromatic heterocycles. The van der Waals surface area contributed by atoms with Crippen LogP contribution in [-0.2, 0) is 25.8 Å². The highest BCUT2D eigenvalue weighted by Crippen LogP contribution is 2.30. The second-order valence-electron chi connectivity index (χ2n) is 8.89.